The molecule has 0 amide bonds. The molecule has 0 fully saturated rings. The second-order valence-electron chi connectivity index (χ2n) is 0.429. The maximum absolute atomic E-state index is 7.00. The zero-order chi connectivity index (χ0) is 6.50. The number of halogens is 4. The van der Waals surface area contributed by atoms with E-state index in [2.05, 4.69) is 0 Å². The van der Waals surface area contributed by atoms with Crippen LogP contribution in [0.4, 0.5) is 0 Å². The Bertz CT molecular complexity index is 31.3. The van der Waals surface area contributed by atoms with E-state index < -0.39 is 13.9 Å². The third kappa shape index (κ3) is 179. The molecule has 8 heteroatoms. The molecular weight excluding hydrogens is 321 g/mol. The first-order valence-corrected chi connectivity index (χ1v) is 15.7. The SMILES string of the molecule is CO.O.O.[Cl][Sn]([Cl])([Cl])[Cl]. The molecule has 5 N–H and O–H groups in total. The van der Waals surface area contributed by atoms with Crippen LogP contribution in [-0.4, -0.2) is 37.0 Å². The first-order chi connectivity index (χ1) is 3.00. The number of aliphatic hydroxyl groups is 1. The zero-order valence-electron chi connectivity index (χ0n) is 4.46. The number of hydrogen-bond donors (Lipinski definition) is 1. The molecule has 0 aliphatic carbocycles. The molecule has 0 aromatic rings. The van der Waals surface area contributed by atoms with Crippen LogP contribution < -0.4 is 0 Å². The van der Waals surface area contributed by atoms with Gasteiger partial charge < -0.3 is 16.1 Å². The van der Waals surface area contributed by atoms with Gasteiger partial charge in [0.25, 0.3) is 0 Å². The van der Waals surface area contributed by atoms with Crippen LogP contribution in [0.1, 0.15) is 0 Å². The van der Waals surface area contributed by atoms with E-state index in [1.54, 1.807) is 0 Å². The minimum absolute atomic E-state index is 0. The van der Waals surface area contributed by atoms with Crippen molar-refractivity contribution >= 4 is 49.6 Å². The molecule has 0 saturated heterocycles. The fourth-order valence-corrected chi connectivity index (χ4v) is 0. The first kappa shape index (κ1) is 22.4. The Kier molecular flexibility index (Phi) is 31.2. The molecule has 0 spiro atoms. The van der Waals surface area contributed by atoms with E-state index in [-0.39, 0.29) is 11.0 Å². The molecule has 3 nitrogen and oxygen atoms in total. The van der Waals surface area contributed by atoms with Gasteiger partial charge in [0.15, 0.2) is 0 Å². The van der Waals surface area contributed by atoms with Crippen LogP contribution >= 0.6 is 35.7 Å². The summed E-state index contributed by atoms with van der Waals surface area (Å²) in [6.45, 7) is 0. The minimum atomic E-state index is -3.29. The Morgan fingerprint density at radius 2 is 0.889 bits per heavy atom. The van der Waals surface area contributed by atoms with Crippen LogP contribution in [0.3, 0.4) is 0 Å². The van der Waals surface area contributed by atoms with Gasteiger partial charge in [-0.15, -0.1) is 0 Å². The van der Waals surface area contributed by atoms with Crippen LogP contribution in [-0.2, 0) is 0 Å². The van der Waals surface area contributed by atoms with Crippen molar-refractivity contribution in [2.24, 2.45) is 0 Å². The molecule has 0 aromatic carbocycles. The Hall–Kier alpha value is 1.84. The molecule has 0 heterocycles. The fourth-order valence-electron chi connectivity index (χ4n) is 0. The summed E-state index contributed by atoms with van der Waals surface area (Å²) in [6.07, 6.45) is 0. The predicted molar refractivity (Wildman–Crippen MR) is 44.5 cm³/mol. The summed E-state index contributed by atoms with van der Waals surface area (Å²) in [5.41, 5.74) is 0. The average molecular weight is 329 g/mol. The molecule has 0 unspecified atom stereocenters. The van der Waals surface area contributed by atoms with Crippen molar-refractivity contribution < 1.29 is 16.1 Å². The van der Waals surface area contributed by atoms with Gasteiger partial charge in [0.2, 0.25) is 0 Å². The van der Waals surface area contributed by atoms with E-state index in [1.807, 2.05) is 0 Å². The summed E-state index contributed by atoms with van der Waals surface area (Å²) >= 11 is -3.29. The molecule has 0 bridgehead atoms. The molecule has 0 aliphatic rings. The van der Waals surface area contributed by atoms with Crippen molar-refractivity contribution in [2.75, 3.05) is 7.11 Å². The summed E-state index contributed by atoms with van der Waals surface area (Å²) in [7, 11) is 21.1. The van der Waals surface area contributed by atoms with Crippen LogP contribution in [0.25, 0.3) is 0 Å². The van der Waals surface area contributed by atoms with E-state index in [0.29, 0.717) is 0 Å². The molecular formula is CH8Cl4O3Sn. The van der Waals surface area contributed by atoms with Gasteiger partial charge in [-0.1, -0.05) is 0 Å². The van der Waals surface area contributed by atoms with Gasteiger partial charge in [0.05, 0.1) is 0 Å². The monoisotopic (exact) mass is 328 g/mol. The van der Waals surface area contributed by atoms with Gasteiger partial charge in [0, 0.05) is 7.11 Å². The van der Waals surface area contributed by atoms with E-state index in [1.165, 1.54) is 0 Å². The summed E-state index contributed by atoms with van der Waals surface area (Å²) < 4.78 is 0. The van der Waals surface area contributed by atoms with Gasteiger partial charge in [-0.25, -0.2) is 0 Å². The van der Waals surface area contributed by atoms with Crippen molar-refractivity contribution in [1.29, 1.82) is 0 Å². The fraction of sp³-hybridized carbons (Fsp3) is 1.00. The third-order valence-electron chi connectivity index (χ3n) is 0. The third-order valence-corrected chi connectivity index (χ3v) is 0. The van der Waals surface area contributed by atoms with E-state index in [9.17, 15) is 0 Å². The number of hydrogen-bond acceptors (Lipinski definition) is 1. The van der Waals surface area contributed by atoms with Crippen molar-refractivity contribution in [3.8, 4) is 0 Å². The second-order valence-corrected chi connectivity index (χ2v) is 25.9. The second kappa shape index (κ2) is 12.5. The molecule has 9 heavy (non-hydrogen) atoms. The molecule has 0 rings (SSSR count). The Morgan fingerprint density at radius 3 is 0.889 bits per heavy atom. The van der Waals surface area contributed by atoms with Crippen LogP contribution in [0.5, 0.6) is 0 Å². The van der Waals surface area contributed by atoms with Gasteiger partial charge in [-0.05, 0) is 0 Å². The summed E-state index contributed by atoms with van der Waals surface area (Å²) in [5, 5.41) is 7.00. The average Bonchev–Trinajstić information content (AvgIpc) is 1.36. The van der Waals surface area contributed by atoms with Crippen molar-refractivity contribution in [3.63, 3.8) is 0 Å². The van der Waals surface area contributed by atoms with Crippen molar-refractivity contribution in [2.45, 2.75) is 0 Å². The van der Waals surface area contributed by atoms with Gasteiger partial charge >= 0.3 is 49.6 Å². The maximum atomic E-state index is 7.00. The summed E-state index contributed by atoms with van der Waals surface area (Å²) in [6, 6.07) is 0. The molecule has 0 radical (unpaired) electrons. The first-order valence-electron chi connectivity index (χ1n) is 1.20. The topological polar surface area (TPSA) is 83.2 Å². The molecule has 0 saturated carbocycles. The van der Waals surface area contributed by atoms with Crippen molar-refractivity contribution in [3.05, 3.63) is 0 Å². The van der Waals surface area contributed by atoms with Crippen LogP contribution in [0.2, 0.25) is 0 Å². The zero-order valence-corrected chi connectivity index (χ0v) is 10.3. The predicted octanol–water partition coefficient (Wildman–Crippen LogP) is 0.336. The number of aliphatic hydroxyl groups excluding tert-OH is 1. The Labute approximate surface area is 72.2 Å². The van der Waals surface area contributed by atoms with E-state index in [0.717, 1.165) is 7.11 Å². The normalized spacial score (nSPS) is 7.33. The van der Waals surface area contributed by atoms with Crippen molar-refractivity contribution in [1.82, 2.24) is 0 Å². The Balaban J connectivity index is -0.0000000286. The van der Waals surface area contributed by atoms with E-state index in [4.69, 9.17) is 40.8 Å². The quantitative estimate of drug-likeness (QED) is 0.639. The summed E-state index contributed by atoms with van der Waals surface area (Å²) in [4.78, 5) is 0. The van der Waals surface area contributed by atoms with Gasteiger partial charge in [-0.3, -0.25) is 0 Å². The molecule has 0 atom stereocenters. The van der Waals surface area contributed by atoms with Crippen LogP contribution in [0.15, 0.2) is 0 Å². The van der Waals surface area contributed by atoms with Gasteiger partial charge in [0.1, 0.15) is 0 Å². The number of rotatable bonds is 0. The summed E-state index contributed by atoms with van der Waals surface area (Å²) in [5.74, 6) is 0. The van der Waals surface area contributed by atoms with Crippen LogP contribution in [0, 0.1) is 0 Å². The molecule has 62 valence electrons. The molecule has 0 aliphatic heterocycles. The van der Waals surface area contributed by atoms with E-state index >= 15 is 0 Å². The molecule has 0 aromatic heterocycles. The standard InChI is InChI=1S/CH4O.4ClH.2H2O.Sn/c1-2;;;;;;;/h2H,1H3;4*1H;2*1H2;/q;;;;;;;+4/p-4. The van der Waals surface area contributed by atoms with Gasteiger partial charge in [-0.2, -0.15) is 0 Å². The Morgan fingerprint density at radius 1 is 0.889 bits per heavy atom.